The second-order valence-corrected chi connectivity index (χ2v) is 4.70. The summed E-state index contributed by atoms with van der Waals surface area (Å²) in [6.45, 7) is 4.32. The summed E-state index contributed by atoms with van der Waals surface area (Å²) in [4.78, 5) is 10.7. The van der Waals surface area contributed by atoms with E-state index in [2.05, 4.69) is 10.6 Å². The molecule has 0 aliphatic rings. The summed E-state index contributed by atoms with van der Waals surface area (Å²) >= 11 is 11.9. The van der Waals surface area contributed by atoms with Crippen LogP contribution in [0.2, 0.25) is 10.0 Å². The third kappa shape index (κ3) is 4.12. The summed E-state index contributed by atoms with van der Waals surface area (Å²) in [6, 6.07) is 2.51. The van der Waals surface area contributed by atoms with E-state index in [4.69, 9.17) is 23.2 Å². The minimum Gasteiger partial charge on any atom is -0.355 e. The highest BCUT2D eigenvalue weighted by atomic mass is 35.5. The van der Waals surface area contributed by atoms with Gasteiger partial charge in [-0.1, -0.05) is 23.2 Å². The number of hydrogen-bond donors (Lipinski definition) is 2. The Balaban J connectivity index is 2.64. The van der Waals surface area contributed by atoms with Crippen molar-refractivity contribution in [3.8, 4) is 0 Å². The van der Waals surface area contributed by atoms with Gasteiger partial charge in [0.25, 0.3) is 0 Å². The van der Waals surface area contributed by atoms with E-state index in [0.29, 0.717) is 23.7 Å². The van der Waals surface area contributed by atoms with Crippen LogP contribution in [-0.4, -0.2) is 19.0 Å². The summed E-state index contributed by atoms with van der Waals surface area (Å²) in [5, 5.41) is 6.21. The van der Waals surface area contributed by atoms with Crippen molar-refractivity contribution in [2.45, 2.75) is 19.9 Å². The topological polar surface area (TPSA) is 41.1 Å². The quantitative estimate of drug-likeness (QED) is 0.647. The Kier molecular flexibility index (Phi) is 5.85. The van der Waals surface area contributed by atoms with Crippen molar-refractivity contribution in [3.05, 3.63) is 33.6 Å². The van der Waals surface area contributed by atoms with E-state index in [1.165, 1.54) is 19.1 Å². The zero-order valence-electron chi connectivity index (χ0n) is 10.2. The molecule has 1 aromatic rings. The lowest BCUT2D eigenvalue weighted by molar-refractivity contribution is -0.118. The number of hydrogen-bond acceptors (Lipinski definition) is 2. The number of benzene rings is 1. The number of nitrogens with one attached hydrogen (secondary N) is 2. The van der Waals surface area contributed by atoms with Crippen LogP contribution in [0.15, 0.2) is 12.1 Å². The molecule has 18 heavy (non-hydrogen) atoms. The third-order valence-corrected chi connectivity index (χ3v) is 3.18. The zero-order valence-corrected chi connectivity index (χ0v) is 11.7. The molecule has 3 nitrogen and oxygen atoms in total. The fraction of sp³-hybridized carbons (Fsp3) is 0.417. The second-order valence-electron chi connectivity index (χ2n) is 3.92. The van der Waals surface area contributed by atoms with Gasteiger partial charge in [0.1, 0.15) is 5.82 Å². The van der Waals surface area contributed by atoms with Gasteiger partial charge in [0.15, 0.2) is 0 Å². The maximum atomic E-state index is 13.3. The Morgan fingerprint density at radius 3 is 2.67 bits per heavy atom. The van der Waals surface area contributed by atoms with Crippen LogP contribution in [0.5, 0.6) is 0 Å². The molecular weight excluding hydrogens is 278 g/mol. The monoisotopic (exact) mass is 292 g/mol. The van der Waals surface area contributed by atoms with Crippen molar-refractivity contribution in [2.75, 3.05) is 13.1 Å². The molecule has 0 aromatic heterocycles. The molecule has 1 aromatic carbocycles. The molecule has 1 rings (SSSR count). The van der Waals surface area contributed by atoms with Crippen molar-refractivity contribution < 1.29 is 9.18 Å². The van der Waals surface area contributed by atoms with Crippen LogP contribution in [0.1, 0.15) is 25.5 Å². The smallest absolute Gasteiger partial charge is 0.216 e. The zero-order chi connectivity index (χ0) is 13.7. The highest BCUT2D eigenvalue weighted by Gasteiger charge is 2.16. The molecule has 0 aliphatic heterocycles. The van der Waals surface area contributed by atoms with E-state index >= 15 is 0 Å². The van der Waals surface area contributed by atoms with E-state index in [0.717, 1.165) is 0 Å². The third-order valence-electron chi connectivity index (χ3n) is 2.46. The Hall–Kier alpha value is -0.840. The van der Waals surface area contributed by atoms with E-state index in [1.54, 1.807) is 0 Å². The van der Waals surface area contributed by atoms with Crippen molar-refractivity contribution in [2.24, 2.45) is 0 Å². The molecule has 1 atom stereocenters. The minimum atomic E-state index is -0.494. The van der Waals surface area contributed by atoms with Crippen molar-refractivity contribution in [1.29, 1.82) is 0 Å². The lowest BCUT2D eigenvalue weighted by Gasteiger charge is -2.17. The Morgan fingerprint density at radius 2 is 2.06 bits per heavy atom. The van der Waals surface area contributed by atoms with Crippen LogP contribution in [0, 0.1) is 5.82 Å². The Labute approximate surface area is 116 Å². The lowest BCUT2D eigenvalue weighted by atomic mass is 10.1. The number of carbonyl (C=O) groups is 1. The van der Waals surface area contributed by atoms with E-state index < -0.39 is 5.82 Å². The number of amides is 1. The maximum absolute atomic E-state index is 13.3. The highest BCUT2D eigenvalue weighted by molar-refractivity contribution is 6.36. The minimum absolute atomic E-state index is 0.0297. The first kappa shape index (κ1) is 15.2. The molecule has 100 valence electrons. The van der Waals surface area contributed by atoms with Crippen LogP contribution in [0.4, 0.5) is 4.39 Å². The summed E-state index contributed by atoms with van der Waals surface area (Å²) in [5.74, 6) is -0.585. The van der Waals surface area contributed by atoms with Crippen LogP contribution in [0.25, 0.3) is 0 Å². The van der Waals surface area contributed by atoms with Gasteiger partial charge >= 0.3 is 0 Å². The number of carbonyl (C=O) groups excluding carboxylic acids is 1. The number of rotatable bonds is 5. The average Bonchev–Trinajstić information content (AvgIpc) is 2.30. The van der Waals surface area contributed by atoms with Crippen LogP contribution in [0.3, 0.4) is 0 Å². The fourth-order valence-corrected chi connectivity index (χ4v) is 2.27. The maximum Gasteiger partial charge on any atom is 0.216 e. The first-order valence-electron chi connectivity index (χ1n) is 5.54. The van der Waals surface area contributed by atoms with E-state index in [1.807, 2.05) is 6.92 Å². The lowest BCUT2D eigenvalue weighted by Crippen LogP contribution is -2.31. The predicted molar refractivity (Wildman–Crippen MR) is 71.5 cm³/mol. The first-order chi connectivity index (χ1) is 8.43. The van der Waals surface area contributed by atoms with Gasteiger partial charge in [0.05, 0.1) is 5.02 Å². The average molecular weight is 293 g/mol. The summed E-state index contributed by atoms with van der Waals surface area (Å²) in [5.41, 5.74) is 0.529. The van der Waals surface area contributed by atoms with Crippen LogP contribution >= 0.6 is 23.2 Å². The molecule has 0 bridgehead atoms. The molecule has 0 fully saturated rings. The summed E-state index contributed by atoms with van der Waals surface area (Å²) in [7, 11) is 0. The SMILES string of the molecule is CC(=O)NCCNC(C)c1c(Cl)ccc(F)c1Cl. The van der Waals surface area contributed by atoms with Gasteiger partial charge < -0.3 is 10.6 Å². The molecule has 0 saturated heterocycles. The molecule has 0 aliphatic carbocycles. The molecule has 2 N–H and O–H groups in total. The molecule has 0 radical (unpaired) electrons. The molecular formula is C12H15Cl2FN2O. The van der Waals surface area contributed by atoms with Gasteiger partial charge in [0.2, 0.25) is 5.91 Å². The summed E-state index contributed by atoms with van der Waals surface area (Å²) < 4.78 is 13.3. The Morgan fingerprint density at radius 1 is 1.39 bits per heavy atom. The molecule has 0 saturated carbocycles. The van der Waals surface area contributed by atoms with Crippen molar-refractivity contribution in [1.82, 2.24) is 10.6 Å². The highest BCUT2D eigenvalue weighted by Crippen LogP contribution is 2.32. The van der Waals surface area contributed by atoms with Crippen LogP contribution < -0.4 is 10.6 Å². The van der Waals surface area contributed by atoms with Gasteiger partial charge in [0, 0.05) is 36.6 Å². The van der Waals surface area contributed by atoms with E-state index in [-0.39, 0.29) is 17.0 Å². The Bertz CT molecular complexity index is 440. The standard InChI is InChI=1S/C12H15Cl2FN2O/c1-7(16-5-6-17-8(2)18)11-9(13)3-4-10(15)12(11)14/h3-4,7,16H,5-6H2,1-2H3,(H,17,18). The second kappa shape index (κ2) is 6.92. The van der Waals surface area contributed by atoms with Crippen molar-refractivity contribution >= 4 is 29.1 Å². The van der Waals surface area contributed by atoms with Gasteiger partial charge in [-0.05, 0) is 19.1 Å². The normalized spacial score (nSPS) is 12.3. The molecule has 6 heteroatoms. The van der Waals surface area contributed by atoms with Gasteiger partial charge in [-0.25, -0.2) is 4.39 Å². The van der Waals surface area contributed by atoms with Crippen molar-refractivity contribution in [3.63, 3.8) is 0 Å². The first-order valence-corrected chi connectivity index (χ1v) is 6.30. The molecule has 1 amide bonds. The molecule has 1 unspecified atom stereocenters. The predicted octanol–water partition coefficient (Wildman–Crippen LogP) is 2.92. The molecule has 0 spiro atoms. The summed E-state index contributed by atoms with van der Waals surface area (Å²) in [6.07, 6.45) is 0. The van der Waals surface area contributed by atoms with E-state index in [9.17, 15) is 9.18 Å². The van der Waals surface area contributed by atoms with Gasteiger partial charge in [-0.15, -0.1) is 0 Å². The largest absolute Gasteiger partial charge is 0.355 e. The van der Waals surface area contributed by atoms with Crippen LogP contribution in [-0.2, 0) is 4.79 Å². The number of halogens is 3. The van der Waals surface area contributed by atoms with Gasteiger partial charge in [-0.3, -0.25) is 4.79 Å². The van der Waals surface area contributed by atoms with Gasteiger partial charge in [-0.2, -0.15) is 0 Å². The molecule has 0 heterocycles. The fourth-order valence-electron chi connectivity index (χ4n) is 1.57.